The van der Waals surface area contributed by atoms with Crippen LogP contribution in [0.2, 0.25) is 0 Å². The minimum atomic E-state index is -0.148. The molecule has 1 radical (unpaired) electrons. The molecular weight excluding hydrogens is 296 g/mol. The van der Waals surface area contributed by atoms with Crippen LogP contribution in [0.4, 0.5) is 0 Å². The molecule has 0 bridgehead atoms. The van der Waals surface area contributed by atoms with Crippen LogP contribution in [0.15, 0.2) is 25.3 Å². The third-order valence-electron chi connectivity index (χ3n) is 6.41. The first kappa shape index (κ1) is 19.6. The molecule has 2 fully saturated rings. The standard InChI is InChI=1S/C20H38N4/c1-7-14-20(8-2,22(5)18-12-16-21(4)17-13-18)23(6)19-11-10-15-24(19)9-3/h7-8,18-19H,1-2,9-17H2,3-6H3/q+1. The van der Waals surface area contributed by atoms with E-state index in [4.69, 9.17) is 0 Å². The van der Waals surface area contributed by atoms with Crippen molar-refractivity contribution in [3.8, 4) is 0 Å². The zero-order valence-corrected chi connectivity index (χ0v) is 16.4. The van der Waals surface area contributed by atoms with E-state index in [0.717, 1.165) is 13.0 Å². The minimum Gasteiger partial charge on any atom is -0.306 e. The average molecular weight is 335 g/mol. The highest BCUT2D eigenvalue weighted by atomic mass is 15.5. The number of piperidine rings is 1. The van der Waals surface area contributed by atoms with Gasteiger partial charge in [0.05, 0.1) is 6.17 Å². The average Bonchev–Trinajstić information content (AvgIpc) is 3.08. The van der Waals surface area contributed by atoms with E-state index in [0.29, 0.717) is 12.2 Å². The van der Waals surface area contributed by atoms with E-state index in [-0.39, 0.29) is 5.66 Å². The normalized spacial score (nSPS) is 26.8. The number of likely N-dealkylation sites (tertiary alicyclic amines) is 2. The molecular formula is C20H38N4+. The third kappa shape index (κ3) is 3.77. The predicted octanol–water partition coefficient (Wildman–Crippen LogP) is 2.68. The lowest BCUT2D eigenvalue weighted by molar-refractivity contribution is -0.0335. The summed E-state index contributed by atoms with van der Waals surface area (Å²) in [6.45, 7) is 15.3. The van der Waals surface area contributed by atoms with Crippen molar-refractivity contribution in [2.75, 3.05) is 47.3 Å². The second-order valence-corrected chi connectivity index (χ2v) is 7.58. The Labute approximate surface area is 149 Å². The number of hydrogen-bond donors (Lipinski definition) is 0. The highest BCUT2D eigenvalue weighted by Crippen LogP contribution is 2.33. The van der Waals surface area contributed by atoms with Gasteiger partial charge in [-0.15, -0.1) is 11.5 Å². The fourth-order valence-electron chi connectivity index (χ4n) is 4.69. The van der Waals surface area contributed by atoms with E-state index in [1.165, 1.54) is 45.3 Å². The minimum absolute atomic E-state index is 0.148. The summed E-state index contributed by atoms with van der Waals surface area (Å²) >= 11 is 0. The van der Waals surface area contributed by atoms with Gasteiger partial charge in [-0.05, 0) is 46.1 Å². The van der Waals surface area contributed by atoms with Gasteiger partial charge in [0.15, 0.2) is 0 Å². The SMILES string of the molecule is C=CCC(C=C)(N(C)C1CCCN1CC)[N+](C)C1CCN(C)CC1. The number of likely N-dealkylation sites (N-methyl/N-ethyl adjacent to an activating group) is 2. The van der Waals surface area contributed by atoms with Crippen molar-refractivity contribution in [1.82, 2.24) is 19.6 Å². The highest BCUT2D eigenvalue weighted by Gasteiger charge is 2.50. The van der Waals surface area contributed by atoms with Crippen molar-refractivity contribution in [2.24, 2.45) is 0 Å². The van der Waals surface area contributed by atoms with E-state index in [1.54, 1.807) is 0 Å². The molecule has 2 unspecified atom stereocenters. The summed E-state index contributed by atoms with van der Waals surface area (Å²) in [7, 11) is 6.81. The quantitative estimate of drug-likeness (QED) is 0.386. The van der Waals surface area contributed by atoms with Crippen LogP contribution in [0.25, 0.3) is 0 Å². The molecule has 0 aromatic rings. The van der Waals surface area contributed by atoms with Crippen LogP contribution in [0, 0.1) is 0 Å². The van der Waals surface area contributed by atoms with Crippen molar-refractivity contribution in [3.05, 3.63) is 25.3 Å². The van der Waals surface area contributed by atoms with Crippen molar-refractivity contribution in [2.45, 2.75) is 56.9 Å². The Balaban J connectivity index is 2.23. The Morgan fingerprint density at radius 1 is 1.21 bits per heavy atom. The smallest absolute Gasteiger partial charge is 0.222 e. The van der Waals surface area contributed by atoms with Crippen molar-refractivity contribution >= 4 is 0 Å². The van der Waals surface area contributed by atoms with Gasteiger partial charge >= 0.3 is 0 Å². The molecule has 2 saturated heterocycles. The molecule has 4 nitrogen and oxygen atoms in total. The maximum atomic E-state index is 4.27. The molecule has 2 heterocycles. The van der Waals surface area contributed by atoms with Crippen LogP contribution < -0.4 is 4.90 Å². The van der Waals surface area contributed by atoms with E-state index in [1.807, 2.05) is 0 Å². The fourth-order valence-corrected chi connectivity index (χ4v) is 4.69. The first-order valence-corrected chi connectivity index (χ1v) is 9.63. The maximum Gasteiger partial charge on any atom is 0.222 e. The largest absolute Gasteiger partial charge is 0.306 e. The van der Waals surface area contributed by atoms with Gasteiger partial charge in [-0.3, -0.25) is 4.90 Å². The summed E-state index contributed by atoms with van der Waals surface area (Å²) in [5.41, 5.74) is -0.148. The van der Waals surface area contributed by atoms with Crippen LogP contribution in [0.5, 0.6) is 0 Å². The van der Waals surface area contributed by atoms with Crippen molar-refractivity contribution in [3.63, 3.8) is 0 Å². The summed E-state index contributed by atoms with van der Waals surface area (Å²) in [6.07, 6.45) is 10.7. The van der Waals surface area contributed by atoms with E-state index in [2.05, 4.69) is 73.0 Å². The van der Waals surface area contributed by atoms with E-state index >= 15 is 0 Å². The molecule has 0 aromatic heterocycles. The summed E-state index contributed by atoms with van der Waals surface area (Å²) in [4.78, 5) is 10.2. The van der Waals surface area contributed by atoms with Crippen molar-refractivity contribution in [1.29, 1.82) is 0 Å². The second kappa shape index (κ2) is 8.61. The van der Waals surface area contributed by atoms with Crippen LogP contribution in [0.3, 0.4) is 0 Å². The van der Waals surface area contributed by atoms with Crippen LogP contribution in [-0.4, -0.2) is 79.9 Å². The first-order chi connectivity index (χ1) is 11.5. The van der Waals surface area contributed by atoms with Gasteiger partial charge in [-0.1, -0.05) is 19.6 Å². The van der Waals surface area contributed by atoms with Gasteiger partial charge in [0.25, 0.3) is 0 Å². The number of rotatable bonds is 8. The Hall–Kier alpha value is -0.680. The van der Waals surface area contributed by atoms with Gasteiger partial charge in [-0.25, -0.2) is 4.90 Å². The molecule has 2 aliphatic rings. The number of hydrogen-bond acceptors (Lipinski definition) is 4. The predicted molar refractivity (Wildman–Crippen MR) is 104 cm³/mol. The summed E-state index contributed by atoms with van der Waals surface area (Å²) in [5, 5.41) is 0. The maximum absolute atomic E-state index is 4.27. The second-order valence-electron chi connectivity index (χ2n) is 7.58. The summed E-state index contributed by atoms with van der Waals surface area (Å²) in [6, 6.07) is 0.609. The van der Waals surface area contributed by atoms with Crippen LogP contribution in [0.1, 0.15) is 39.0 Å². The zero-order chi connectivity index (χ0) is 17.7. The monoisotopic (exact) mass is 334 g/mol. The third-order valence-corrected chi connectivity index (χ3v) is 6.41. The molecule has 0 saturated carbocycles. The van der Waals surface area contributed by atoms with Crippen LogP contribution in [-0.2, 0) is 0 Å². The summed E-state index contributed by atoms with van der Waals surface area (Å²) in [5.74, 6) is 0. The Bertz CT molecular complexity index is 416. The lowest BCUT2D eigenvalue weighted by Gasteiger charge is -2.46. The highest BCUT2D eigenvalue weighted by molar-refractivity contribution is 5.11. The Kier molecular flexibility index (Phi) is 7.05. The van der Waals surface area contributed by atoms with Crippen LogP contribution >= 0.6 is 0 Å². The van der Waals surface area contributed by atoms with Gasteiger partial charge < -0.3 is 4.90 Å². The van der Waals surface area contributed by atoms with E-state index in [9.17, 15) is 0 Å². The fraction of sp³-hybridized carbons (Fsp3) is 0.800. The van der Waals surface area contributed by atoms with Gasteiger partial charge in [-0.2, -0.15) is 0 Å². The van der Waals surface area contributed by atoms with Gasteiger partial charge in [0, 0.05) is 32.4 Å². The molecule has 0 aliphatic carbocycles. The van der Waals surface area contributed by atoms with E-state index < -0.39 is 0 Å². The summed E-state index contributed by atoms with van der Waals surface area (Å²) < 4.78 is 0. The molecule has 137 valence electrons. The molecule has 0 aromatic carbocycles. The lowest BCUT2D eigenvalue weighted by Crippen LogP contribution is -2.67. The zero-order valence-electron chi connectivity index (χ0n) is 16.4. The van der Waals surface area contributed by atoms with Gasteiger partial charge in [0.2, 0.25) is 5.66 Å². The topological polar surface area (TPSA) is 15.6 Å². The Morgan fingerprint density at radius 2 is 1.88 bits per heavy atom. The molecule has 0 spiro atoms. The van der Waals surface area contributed by atoms with Crippen molar-refractivity contribution < 1.29 is 0 Å². The molecule has 2 aliphatic heterocycles. The first-order valence-electron chi connectivity index (χ1n) is 9.63. The molecule has 0 amide bonds. The molecule has 2 atom stereocenters. The van der Waals surface area contributed by atoms with Gasteiger partial charge in [0.1, 0.15) is 13.1 Å². The Morgan fingerprint density at radius 3 is 2.42 bits per heavy atom. The molecule has 4 heteroatoms. The molecule has 0 N–H and O–H groups in total. The molecule has 2 rings (SSSR count). The number of nitrogens with zero attached hydrogens (tertiary/aromatic N) is 4. The molecule has 24 heavy (non-hydrogen) atoms. The lowest BCUT2D eigenvalue weighted by atomic mass is 9.94.